The van der Waals surface area contributed by atoms with Crippen molar-refractivity contribution in [1.82, 2.24) is 10.3 Å². The predicted octanol–water partition coefficient (Wildman–Crippen LogP) is 3.45. The molecule has 0 radical (unpaired) electrons. The summed E-state index contributed by atoms with van der Waals surface area (Å²) < 4.78 is 17.0. The van der Waals surface area contributed by atoms with Crippen molar-refractivity contribution < 1.29 is 23.8 Å². The molecule has 2 atom stereocenters. The maximum atomic E-state index is 12.5. The van der Waals surface area contributed by atoms with Crippen LogP contribution in [0.1, 0.15) is 5.56 Å². The third-order valence-electron chi connectivity index (χ3n) is 6.66. The van der Waals surface area contributed by atoms with E-state index in [0.29, 0.717) is 31.3 Å². The molecule has 0 saturated carbocycles. The lowest BCUT2D eigenvalue weighted by Gasteiger charge is -2.26. The second-order valence-corrected chi connectivity index (χ2v) is 10.2. The maximum Gasteiger partial charge on any atom is 0.414 e. The van der Waals surface area contributed by atoms with Crippen LogP contribution < -0.4 is 25.0 Å². The van der Waals surface area contributed by atoms with E-state index in [4.69, 9.17) is 14.2 Å². The van der Waals surface area contributed by atoms with Gasteiger partial charge in [-0.25, -0.2) is 9.78 Å². The first-order chi connectivity index (χ1) is 17.6. The van der Waals surface area contributed by atoms with Crippen molar-refractivity contribution in [2.24, 2.45) is 5.92 Å². The van der Waals surface area contributed by atoms with Crippen molar-refractivity contribution >= 4 is 46.0 Å². The SMILES string of the molecule is COc1ccc2ccc3c(c2n1)C[C@@H](CNC[C@@H]1CN(c2ccc4c(c2)NC(=O)CS4)C(=O)O1)CO3. The Morgan fingerprint density at radius 2 is 2.08 bits per heavy atom. The highest BCUT2D eigenvalue weighted by molar-refractivity contribution is 8.00. The van der Waals surface area contributed by atoms with E-state index in [1.54, 1.807) is 12.0 Å². The Hall–Kier alpha value is -3.50. The Morgan fingerprint density at radius 1 is 1.19 bits per heavy atom. The van der Waals surface area contributed by atoms with Crippen LogP contribution in [0.4, 0.5) is 16.2 Å². The first-order valence-electron chi connectivity index (χ1n) is 11.9. The van der Waals surface area contributed by atoms with Gasteiger partial charge in [0.2, 0.25) is 11.8 Å². The van der Waals surface area contributed by atoms with Gasteiger partial charge in [0.05, 0.1) is 37.2 Å². The van der Waals surface area contributed by atoms with Gasteiger partial charge in [-0.1, -0.05) is 0 Å². The van der Waals surface area contributed by atoms with Crippen LogP contribution in [0.25, 0.3) is 10.9 Å². The van der Waals surface area contributed by atoms with Crippen LogP contribution in [0.3, 0.4) is 0 Å². The Labute approximate surface area is 212 Å². The van der Waals surface area contributed by atoms with Gasteiger partial charge in [-0.3, -0.25) is 9.69 Å². The molecule has 6 rings (SSSR count). The molecular formula is C26H26N4O5S. The largest absolute Gasteiger partial charge is 0.493 e. The Balaban J connectivity index is 1.06. The lowest BCUT2D eigenvalue weighted by Crippen LogP contribution is -2.37. The summed E-state index contributed by atoms with van der Waals surface area (Å²) in [4.78, 5) is 31.5. The number of amides is 2. The van der Waals surface area contributed by atoms with Crippen LogP contribution in [0, 0.1) is 5.92 Å². The molecule has 0 aliphatic carbocycles. The van der Waals surface area contributed by atoms with Crippen LogP contribution in [0.2, 0.25) is 0 Å². The van der Waals surface area contributed by atoms with Crippen molar-refractivity contribution in [3.05, 3.63) is 48.0 Å². The Bertz CT molecular complexity index is 1340. The number of benzene rings is 2. The van der Waals surface area contributed by atoms with Crippen molar-refractivity contribution in [3.8, 4) is 11.6 Å². The summed E-state index contributed by atoms with van der Waals surface area (Å²) in [6, 6.07) is 13.6. The molecule has 9 nitrogen and oxygen atoms in total. The number of fused-ring (bicyclic) bond motifs is 4. The average molecular weight is 507 g/mol. The van der Waals surface area contributed by atoms with Crippen LogP contribution in [-0.2, 0) is 16.0 Å². The molecule has 0 spiro atoms. The average Bonchev–Trinajstić information content (AvgIpc) is 3.27. The quantitative estimate of drug-likeness (QED) is 0.524. The zero-order valence-electron chi connectivity index (χ0n) is 19.8. The zero-order valence-corrected chi connectivity index (χ0v) is 20.6. The molecule has 0 unspecified atom stereocenters. The number of aromatic nitrogens is 1. The summed E-state index contributed by atoms with van der Waals surface area (Å²) in [5.41, 5.74) is 3.47. The Morgan fingerprint density at radius 3 is 2.97 bits per heavy atom. The van der Waals surface area contributed by atoms with Gasteiger partial charge in [-0.05, 0) is 42.8 Å². The highest BCUT2D eigenvalue weighted by Crippen LogP contribution is 2.36. The molecule has 1 saturated heterocycles. The number of hydrogen-bond acceptors (Lipinski definition) is 8. The van der Waals surface area contributed by atoms with Gasteiger partial charge in [-0.2, -0.15) is 0 Å². The highest BCUT2D eigenvalue weighted by atomic mass is 32.2. The van der Waals surface area contributed by atoms with Crippen LogP contribution in [-0.4, -0.2) is 62.2 Å². The number of rotatable bonds is 6. The second-order valence-electron chi connectivity index (χ2n) is 9.14. The molecule has 4 heterocycles. The molecule has 1 fully saturated rings. The molecular weight excluding hydrogens is 480 g/mol. The third kappa shape index (κ3) is 4.42. The van der Waals surface area contributed by atoms with Gasteiger partial charge in [0, 0.05) is 46.6 Å². The van der Waals surface area contributed by atoms with Gasteiger partial charge >= 0.3 is 6.09 Å². The van der Waals surface area contributed by atoms with Gasteiger partial charge in [0.15, 0.2) is 0 Å². The third-order valence-corrected chi connectivity index (χ3v) is 7.74. The zero-order chi connectivity index (χ0) is 24.6. The van der Waals surface area contributed by atoms with Gasteiger partial charge in [-0.15, -0.1) is 11.8 Å². The molecule has 1 aromatic heterocycles. The summed E-state index contributed by atoms with van der Waals surface area (Å²) in [5.74, 6) is 2.10. The molecule has 3 aliphatic heterocycles. The topological polar surface area (TPSA) is 102 Å². The fraction of sp³-hybridized carbons (Fsp3) is 0.346. The lowest BCUT2D eigenvalue weighted by molar-refractivity contribution is -0.113. The molecule has 2 aromatic carbocycles. The summed E-state index contributed by atoms with van der Waals surface area (Å²) >= 11 is 1.49. The smallest absolute Gasteiger partial charge is 0.414 e. The fourth-order valence-corrected chi connectivity index (χ4v) is 5.66. The Kier molecular flexibility index (Phi) is 6.06. The number of ether oxygens (including phenoxy) is 3. The highest BCUT2D eigenvalue weighted by Gasteiger charge is 2.33. The molecule has 2 amide bonds. The minimum atomic E-state index is -0.377. The summed E-state index contributed by atoms with van der Waals surface area (Å²) in [6.07, 6.45) is 0.203. The number of methoxy groups -OCH3 is 1. The van der Waals surface area contributed by atoms with E-state index in [1.165, 1.54) is 11.8 Å². The number of carbonyl (C=O) groups is 2. The fourth-order valence-electron chi connectivity index (χ4n) is 4.87. The van der Waals surface area contributed by atoms with E-state index in [-0.39, 0.29) is 24.0 Å². The molecule has 36 heavy (non-hydrogen) atoms. The minimum absolute atomic E-state index is 0.0343. The lowest BCUT2D eigenvalue weighted by atomic mass is 9.94. The first-order valence-corrected chi connectivity index (χ1v) is 12.9. The molecule has 186 valence electrons. The van der Waals surface area contributed by atoms with Gasteiger partial charge < -0.3 is 24.8 Å². The van der Waals surface area contributed by atoms with E-state index in [1.807, 2.05) is 42.5 Å². The van der Waals surface area contributed by atoms with Crippen LogP contribution >= 0.6 is 11.8 Å². The standard InChI is InChI=1S/C26H26N4O5S/c1-33-24-7-3-16-2-5-21-19(25(16)29-24)8-15(13-34-21)10-27-11-18-12-30(26(32)35-18)17-4-6-22-20(9-17)28-23(31)14-36-22/h2-7,9,15,18,27H,8,10-14H2,1H3,(H,28,31)/t15-,18+/m0/s1. The van der Waals surface area contributed by atoms with Crippen molar-refractivity contribution in [2.75, 3.05) is 49.3 Å². The molecule has 3 aromatic rings. The number of anilines is 2. The van der Waals surface area contributed by atoms with Gasteiger partial charge in [0.25, 0.3) is 0 Å². The number of nitrogens with one attached hydrogen (secondary N) is 2. The summed E-state index contributed by atoms with van der Waals surface area (Å²) in [5, 5.41) is 7.39. The predicted molar refractivity (Wildman–Crippen MR) is 137 cm³/mol. The molecule has 2 N–H and O–H groups in total. The maximum absolute atomic E-state index is 12.5. The van der Waals surface area contributed by atoms with Crippen molar-refractivity contribution in [1.29, 1.82) is 0 Å². The van der Waals surface area contributed by atoms with Gasteiger partial charge in [0.1, 0.15) is 11.9 Å². The van der Waals surface area contributed by atoms with Crippen LogP contribution in [0.15, 0.2) is 47.4 Å². The minimum Gasteiger partial charge on any atom is -0.493 e. The normalized spacial score (nSPS) is 20.9. The summed E-state index contributed by atoms with van der Waals surface area (Å²) in [7, 11) is 1.62. The first kappa shape index (κ1) is 22.9. The second kappa shape index (κ2) is 9.51. The van der Waals surface area contributed by atoms with E-state index < -0.39 is 0 Å². The summed E-state index contributed by atoms with van der Waals surface area (Å²) in [6.45, 7) is 2.34. The van der Waals surface area contributed by atoms with E-state index in [2.05, 4.69) is 15.6 Å². The van der Waals surface area contributed by atoms with Crippen molar-refractivity contribution in [3.63, 3.8) is 0 Å². The molecule has 10 heteroatoms. The number of nitrogens with zero attached hydrogens (tertiary/aromatic N) is 2. The molecule has 3 aliphatic rings. The van der Waals surface area contributed by atoms with Crippen LogP contribution in [0.5, 0.6) is 11.6 Å². The number of cyclic esters (lactones) is 1. The number of hydrogen-bond donors (Lipinski definition) is 2. The molecule has 0 bridgehead atoms. The van der Waals surface area contributed by atoms with E-state index in [9.17, 15) is 9.59 Å². The monoisotopic (exact) mass is 506 g/mol. The number of pyridine rings is 1. The number of carbonyl (C=O) groups excluding carboxylic acids is 2. The van der Waals surface area contributed by atoms with E-state index in [0.717, 1.165) is 51.5 Å². The number of thioether (sulfide) groups is 1. The van der Waals surface area contributed by atoms with Crippen molar-refractivity contribution in [2.45, 2.75) is 17.4 Å². The van der Waals surface area contributed by atoms with E-state index >= 15 is 0 Å².